The van der Waals surface area contributed by atoms with Gasteiger partial charge in [0.25, 0.3) is 5.91 Å². The number of nitrogen functional groups attached to an aromatic ring is 2. The minimum Gasteiger partial charge on any atom is -0.389 e. The molecule has 0 spiro atoms. The van der Waals surface area contributed by atoms with Crippen LogP contribution in [0.5, 0.6) is 0 Å². The van der Waals surface area contributed by atoms with Crippen LogP contribution >= 0.6 is 11.3 Å². The van der Waals surface area contributed by atoms with Crippen LogP contribution in [0.1, 0.15) is 20.8 Å². The molecule has 1 rings (SSSR count). The largest absolute Gasteiger partial charge is 0.389 e. The third-order valence-corrected chi connectivity index (χ3v) is 2.74. The molecule has 0 saturated heterocycles. The van der Waals surface area contributed by atoms with E-state index in [1.54, 1.807) is 6.92 Å². The Balaban J connectivity index is 3.28. The summed E-state index contributed by atoms with van der Waals surface area (Å²) >= 11 is 1.06. The van der Waals surface area contributed by atoms with Crippen LogP contribution in [0.15, 0.2) is 0 Å². The lowest BCUT2D eigenvalue weighted by Gasteiger charge is -1.95. The fraction of sp³-hybridized carbons (Fsp3) is 0.143. The average molecular weight is 196 g/mol. The molecule has 1 aromatic heterocycles. The molecule has 1 heterocycles. The van der Waals surface area contributed by atoms with E-state index in [-0.39, 0.29) is 0 Å². The normalized spacial score (nSPS) is 9.31. The first-order valence-electron chi connectivity index (χ1n) is 3.41. The third-order valence-electron chi connectivity index (χ3n) is 1.62. The van der Waals surface area contributed by atoms with Gasteiger partial charge in [-0.3, -0.25) is 10.2 Å². The van der Waals surface area contributed by atoms with Crippen LogP contribution < -0.4 is 17.0 Å². The van der Waals surface area contributed by atoms with Crippen LogP contribution in [0.25, 0.3) is 0 Å². The monoisotopic (exact) mass is 196 g/mol. The lowest BCUT2D eigenvalue weighted by Crippen LogP contribution is -2.29. The topological polar surface area (TPSA) is 105 Å². The number of rotatable bonds is 1. The molecule has 6 heteroatoms. The molecular formula is C7H8N4OS. The number of hydrogen-bond donors (Lipinski definition) is 3. The summed E-state index contributed by atoms with van der Waals surface area (Å²) in [6.45, 7) is 1.66. The van der Waals surface area contributed by atoms with E-state index in [9.17, 15) is 4.79 Å². The zero-order valence-electron chi connectivity index (χ0n) is 6.92. The van der Waals surface area contributed by atoms with E-state index in [0.717, 1.165) is 11.3 Å². The zero-order chi connectivity index (χ0) is 10.0. The number of nitrogens with zero attached hydrogens (tertiary/aromatic N) is 1. The predicted octanol–water partition coefficient (Wildman–Crippen LogP) is 0.114. The van der Waals surface area contributed by atoms with Crippen molar-refractivity contribution in [3.05, 3.63) is 16.0 Å². The van der Waals surface area contributed by atoms with Crippen molar-refractivity contribution in [1.82, 2.24) is 5.43 Å². The Morgan fingerprint density at radius 2 is 2.31 bits per heavy atom. The summed E-state index contributed by atoms with van der Waals surface area (Å²) in [6.07, 6.45) is 0. The molecule has 0 radical (unpaired) electrons. The number of amides is 1. The quantitative estimate of drug-likeness (QED) is 0.337. The van der Waals surface area contributed by atoms with Crippen molar-refractivity contribution in [1.29, 1.82) is 5.26 Å². The Morgan fingerprint density at radius 3 is 2.69 bits per heavy atom. The number of carbonyl (C=O) groups excluding carboxylic acids is 1. The Bertz CT molecular complexity index is 390. The van der Waals surface area contributed by atoms with Crippen molar-refractivity contribution < 1.29 is 4.79 Å². The maximum Gasteiger partial charge on any atom is 0.275 e. The van der Waals surface area contributed by atoms with Crippen molar-refractivity contribution in [3.8, 4) is 6.07 Å². The molecule has 0 aromatic carbocycles. The highest BCUT2D eigenvalue weighted by Gasteiger charge is 2.17. The van der Waals surface area contributed by atoms with Crippen molar-refractivity contribution in [2.45, 2.75) is 6.92 Å². The summed E-state index contributed by atoms with van der Waals surface area (Å²) in [4.78, 5) is 11.5. The Labute approximate surface area is 78.9 Å². The predicted molar refractivity (Wildman–Crippen MR) is 49.8 cm³/mol. The fourth-order valence-corrected chi connectivity index (χ4v) is 1.88. The average Bonchev–Trinajstić information content (AvgIpc) is 2.40. The standard InChI is InChI=1S/C7H8N4OS/c1-3-4(2-8)6(9)13-5(3)7(12)11-10/h9-10H2,1H3,(H,11,12). The number of thiophene rings is 1. The molecule has 0 atom stereocenters. The van der Waals surface area contributed by atoms with Crippen LogP contribution in [0.2, 0.25) is 0 Å². The van der Waals surface area contributed by atoms with E-state index in [2.05, 4.69) is 0 Å². The zero-order valence-corrected chi connectivity index (χ0v) is 7.73. The van der Waals surface area contributed by atoms with Gasteiger partial charge in [-0.25, -0.2) is 5.84 Å². The van der Waals surface area contributed by atoms with E-state index in [1.807, 2.05) is 11.5 Å². The van der Waals surface area contributed by atoms with Crippen molar-refractivity contribution in [2.75, 3.05) is 5.73 Å². The Kier molecular flexibility index (Phi) is 2.51. The SMILES string of the molecule is Cc1c(C(=O)NN)sc(N)c1C#N. The molecule has 0 unspecified atom stereocenters. The van der Waals surface area contributed by atoms with Gasteiger partial charge in [-0.15, -0.1) is 11.3 Å². The van der Waals surface area contributed by atoms with Gasteiger partial charge >= 0.3 is 0 Å². The molecule has 5 nitrogen and oxygen atoms in total. The van der Waals surface area contributed by atoms with E-state index >= 15 is 0 Å². The molecule has 68 valence electrons. The summed E-state index contributed by atoms with van der Waals surface area (Å²) in [7, 11) is 0. The highest BCUT2D eigenvalue weighted by atomic mass is 32.1. The summed E-state index contributed by atoms with van der Waals surface area (Å²) in [5.41, 5.74) is 8.44. The molecule has 13 heavy (non-hydrogen) atoms. The summed E-state index contributed by atoms with van der Waals surface area (Å²) in [5.74, 6) is 4.54. The lowest BCUT2D eigenvalue weighted by atomic mass is 10.2. The molecule has 0 aliphatic carbocycles. The Hall–Kier alpha value is -1.58. The van der Waals surface area contributed by atoms with Crippen LogP contribution in [-0.4, -0.2) is 5.91 Å². The highest BCUT2D eigenvalue weighted by Crippen LogP contribution is 2.29. The number of nitriles is 1. The van der Waals surface area contributed by atoms with Gasteiger partial charge in [-0.2, -0.15) is 5.26 Å². The van der Waals surface area contributed by atoms with Gasteiger partial charge in [0.15, 0.2) is 0 Å². The number of hydrazine groups is 1. The molecule has 1 amide bonds. The molecule has 0 bridgehead atoms. The maximum atomic E-state index is 11.1. The molecular weight excluding hydrogens is 188 g/mol. The smallest absolute Gasteiger partial charge is 0.275 e. The Morgan fingerprint density at radius 1 is 1.69 bits per heavy atom. The molecule has 0 fully saturated rings. The molecule has 0 saturated carbocycles. The first-order chi connectivity index (χ1) is 6.11. The molecule has 1 aromatic rings. The lowest BCUT2D eigenvalue weighted by molar-refractivity contribution is 0.0957. The van der Waals surface area contributed by atoms with E-state index < -0.39 is 5.91 Å². The first-order valence-corrected chi connectivity index (χ1v) is 4.23. The maximum absolute atomic E-state index is 11.1. The minimum absolute atomic E-state index is 0.346. The minimum atomic E-state index is -0.421. The summed E-state index contributed by atoms with van der Waals surface area (Å²) in [5, 5.41) is 9.03. The van der Waals surface area contributed by atoms with Crippen molar-refractivity contribution in [3.63, 3.8) is 0 Å². The van der Waals surface area contributed by atoms with Gasteiger partial charge < -0.3 is 5.73 Å². The van der Waals surface area contributed by atoms with Crippen LogP contribution in [0.4, 0.5) is 5.00 Å². The molecule has 5 N–H and O–H groups in total. The first kappa shape index (κ1) is 9.51. The van der Waals surface area contributed by atoms with E-state index in [1.165, 1.54) is 0 Å². The molecule has 0 aliphatic rings. The second-order valence-electron chi connectivity index (χ2n) is 2.38. The fourth-order valence-electron chi connectivity index (χ4n) is 0.957. The number of carbonyl (C=O) groups is 1. The van der Waals surface area contributed by atoms with Gasteiger partial charge in [0.1, 0.15) is 11.1 Å². The van der Waals surface area contributed by atoms with Crippen LogP contribution in [0.3, 0.4) is 0 Å². The number of hydrogen-bond acceptors (Lipinski definition) is 5. The van der Waals surface area contributed by atoms with Gasteiger partial charge in [0.05, 0.1) is 10.4 Å². The highest BCUT2D eigenvalue weighted by molar-refractivity contribution is 7.18. The van der Waals surface area contributed by atoms with Gasteiger partial charge in [-0.05, 0) is 12.5 Å². The van der Waals surface area contributed by atoms with Crippen LogP contribution in [-0.2, 0) is 0 Å². The van der Waals surface area contributed by atoms with Crippen molar-refractivity contribution >= 4 is 22.2 Å². The second kappa shape index (κ2) is 3.43. The second-order valence-corrected chi connectivity index (χ2v) is 3.43. The third kappa shape index (κ3) is 1.47. The number of anilines is 1. The van der Waals surface area contributed by atoms with Gasteiger partial charge in [-0.1, -0.05) is 0 Å². The van der Waals surface area contributed by atoms with Gasteiger partial charge in [0, 0.05) is 0 Å². The molecule has 0 aliphatic heterocycles. The van der Waals surface area contributed by atoms with Gasteiger partial charge in [0.2, 0.25) is 0 Å². The van der Waals surface area contributed by atoms with E-state index in [4.69, 9.17) is 16.8 Å². The summed E-state index contributed by atoms with van der Waals surface area (Å²) < 4.78 is 0. The number of nitrogens with two attached hydrogens (primary N) is 2. The number of nitrogens with one attached hydrogen (secondary N) is 1. The van der Waals surface area contributed by atoms with Crippen molar-refractivity contribution in [2.24, 2.45) is 5.84 Å². The summed E-state index contributed by atoms with van der Waals surface area (Å²) in [6, 6.07) is 1.93. The van der Waals surface area contributed by atoms with E-state index in [0.29, 0.717) is 21.0 Å². The van der Waals surface area contributed by atoms with Crippen LogP contribution in [0, 0.1) is 18.3 Å².